The van der Waals surface area contributed by atoms with E-state index in [4.69, 9.17) is 10.5 Å². The standard InChI is InChI=1S/C6H11N3O/c1-5-3-9(4-10-2)8-6(5)7/h3H,4H2,1-2H3,(H2,7,8). The molecule has 0 bridgehead atoms. The van der Waals surface area contributed by atoms with E-state index in [1.54, 1.807) is 11.8 Å². The normalized spacial score (nSPS) is 10.2. The molecule has 0 aliphatic rings. The second kappa shape index (κ2) is 2.70. The smallest absolute Gasteiger partial charge is 0.148 e. The molecule has 0 aliphatic carbocycles. The van der Waals surface area contributed by atoms with E-state index in [1.165, 1.54) is 0 Å². The van der Waals surface area contributed by atoms with E-state index in [2.05, 4.69) is 5.10 Å². The number of aryl methyl sites for hydroxylation is 1. The van der Waals surface area contributed by atoms with E-state index in [-0.39, 0.29) is 0 Å². The number of aromatic nitrogens is 2. The Morgan fingerprint density at radius 2 is 2.50 bits per heavy atom. The molecule has 4 heteroatoms. The zero-order valence-electron chi connectivity index (χ0n) is 6.16. The predicted molar refractivity (Wildman–Crippen MR) is 38.4 cm³/mol. The first-order valence-electron chi connectivity index (χ1n) is 3.02. The highest BCUT2D eigenvalue weighted by Gasteiger charge is 1.97. The van der Waals surface area contributed by atoms with Crippen LogP contribution in [0.3, 0.4) is 0 Å². The van der Waals surface area contributed by atoms with Crippen molar-refractivity contribution in [3.63, 3.8) is 0 Å². The third-order valence-corrected chi connectivity index (χ3v) is 1.24. The highest BCUT2D eigenvalue weighted by molar-refractivity contribution is 5.35. The lowest BCUT2D eigenvalue weighted by molar-refractivity contribution is 0.121. The summed E-state index contributed by atoms with van der Waals surface area (Å²) in [6.45, 7) is 2.37. The molecule has 1 aromatic heterocycles. The Balaban J connectivity index is 2.77. The summed E-state index contributed by atoms with van der Waals surface area (Å²) in [5.74, 6) is 0.567. The van der Waals surface area contributed by atoms with Crippen LogP contribution in [-0.2, 0) is 11.5 Å². The largest absolute Gasteiger partial charge is 0.382 e. The Morgan fingerprint density at radius 3 is 2.90 bits per heavy atom. The molecule has 4 nitrogen and oxygen atoms in total. The maximum atomic E-state index is 5.48. The maximum Gasteiger partial charge on any atom is 0.148 e. The van der Waals surface area contributed by atoms with Gasteiger partial charge in [0.2, 0.25) is 0 Å². The molecular weight excluding hydrogens is 130 g/mol. The van der Waals surface area contributed by atoms with Gasteiger partial charge in [0.1, 0.15) is 12.5 Å². The van der Waals surface area contributed by atoms with E-state index in [0.717, 1.165) is 5.56 Å². The lowest BCUT2D eigenvalue weighted by Crippen LogP contribution is -2.00. The fourth-order valence-corrected chi connectivity index (χ4v) is 0.734. The Bertz CT molecular complexity index is 199. The topological polar surface area (TPSA) is 53.1 Å². The summed E-state index contributed by atoms with van der Waals surface area (Å²) in [6, 6.07) is 0. The fourth-order valence-electron chi connectivity index (χ4n) is 0.734. The van der Waals surface area contributed by atoms with Gasteiger partial charge in [-0.2, -0.15) is 5.10 Å². The van der Waals surface area contributed by atoms with Crippen LogP contribution in [0.25, 0.3) is 0 Å². The minimum absolute atomic E-state index is 0.456. The van der Waals surface area contributed by atoms with E-state index in [0.29, 0.717) is 12.5 Å². The van der Waals surface area contributed by atoms with Gasteiger partial charge in [-0.25, -0.2) is 4.68 Å². The first kappa shape index (κ1) is 7.08. The van der Waals surface area contributed by atoms with Crippen LogP contribution in [0.4, 0.5) is 5.82 Å². The number of nitrogens with zero attached hydrogens (tertiary/aromatic N) is 2. The molecule has 1 rings (SSSR count). The Kier molecular flexibility index (Phi) is 1.91. The van der Waals surface area contributed by atoms with Crippen molar-refractivity contribution in [2.75, 3.05) is 12.8 Å². The highest BCUT2D eigenvalue weighted by Crippen LogP contribution is 2.05. The molecule has 1 heterocycles. The summed E-state index contributed by atoms with van der Waals surface area (Å²) in [5.41, 5.74) is 6.47. The average Bonchev–Trinajstić information content (AvgIpc) is 2.14. The Labute approximate surface area is 59.6 Å². The molecule has 0 atom stereocenters. The number of hydrogen-bond acceptors (Lipinski definition) is 3. The van der Waals surface area contributed by atoms with Gasteiger partial charge < -0.3 is 10.5 Å². The number of anilines is 1. The van der Waals surface area contributed by atoms with Gasteiger partial charge >= 0.3 is 0 Å². The third kappa shape index (κ3) is 1.27. The van der Waals surface area contributed by atoms with Gasteiger partial charge in [0.25, 0.3) is 0 Å². The van der Waals surface area contributed by atoms with Crippen LogP contribution in [0.2, 0.25) is 0 Å². The minimum atomic E-state index is 0.456. The zero-order valence-corrected chi connectivity index (χ0v) is 6.16. The molecule has 0 unspecified atom stereocenters. The van der Waals surface area contributed by atoms with Crippen molar-refractivity contribution in [2.24, 2.45) is 0 Å². The number of rotatable bonds is 2. The van der Waals surface area contributed by atoms with Gasteiger partial charge in [-0.15, -0.1) is 0 Å². The molecule has 0 radical (unpaired) electrons. The summed E-state index contributed by atoms with van der Waals surface area (Å²) >= 11 is 0. The number of hydrogen-bond donors (Lipinski definition) is 1. The quantitative estimate of drug-likeness (QED) is 0.647. The lowest BCUT2D eigenvalue weighted by Gasteiger charge is -1.95. The van der Waals surface area contributed by atoms with Crippen molar-refractivity contribution >= 4 is 5.82 Å². The summed E-state index contributed by atoms with van der Waals surface area (Å²) in [6.07, 6.45) is 1.85. The number of nitrogen functional groups attached to an aromatic ring is 1. The van der Waals surface area contributed by atoms with Crippen LogP contribution in [0.15, 0.2) is 6.20 Å². The molecule has 56 valence electrons. The molecule has 0 saturated heterocycles. The molecule has 0 aliphatic heterocycles. The van der Waals surface area contributed by atoms with Crippen LogP contribution >= 0.6 is 0 Å². The maximum absolute atomic E-state index is 5.48. The average molecular weight is 141 g/mol. The Morgan fingerprint density at radius 1 is 1.80 bits per heavy atom. The van der Waals surface area contributed by atoms with Crippen LogP contribution in [-0.4, -0.2) is 16.9 Å². The number of methoxy groups -OCH3 is 1. The van der Waals surface area contributed by atoms with Crippen molar-refractivity contribution < 1.29 is 4.74 Å². The first-order chi connectivity index (χ1) is 4.74. The molecular formula is C6H11N3O. The monoisotopic (exact) mass is 141 g/mol. The third-order valence-electron chi connectivity index (χ3n) is 1.24. The van der Waals surface area contributed by atoms with Crippen LogP contribution < -0.4 is 5.73 Å². The SMILES string of the molecule is COCn1cc(C)c(N)n1. The molecule has 0 fully saturated rings. The fraction of sp³-hybridized carbons (Fsp3) is 0.500. The van der Waals surface area contributed by atoms with E-state index in [1.807, 2.05) is 13.1 Å². The van der Waals surface area contributed by atoms with Gasteiger partial charge in [-0.1, -0.05) is 0 Å². The second-order valence-corrected chi connectivity index (χ2v) is 2.15. The second-order valence-electron chi connectivity index (χ2n) is 2.15. The molecule has 0 amide bonds. The van der Waals surface area contributed by atoms with Crippen LogP contribution in [0, 0.1) is 6.92 Å². The van der Waals surface area contributed by atoms with E-state index < -0.39 is 0 Å². The predicted octanol–water partition coefficient (Wildman–Crippen LogP) is 0.378. The van der Waals surface area contributed by atoms with Gasteiger partial charge in [0.05, 0.1) is 0 Å². The van der Waals surface area contributed by atoms with E-state index in [9.17, 15) is 0 Å². The first-order valence-corrected chi connectivity index (χ1v) is 3.02. The summed E-state index contributed by atoms with van der Waals surface area (Å²) in [7, 11) is 1.62. The molecule has 2 N–H and O–H groups in total. The van der Waals surface area contributed by atoms with Crippen molar-refractivity contribution in [3.8, 4) is 0 Å². The van der Waals surface area contributed by atoms with Crippen molar-refractivity contribution in [1.29, 1.82) is 0 Å². The molecule has 10 heavy (non-hydrogen) atoms. The highest BCUT2D eigenvalue weighted by atomic mass is 16.5. The van der Waals surface area contributed by atoms with Crippen molar-refractivity contribution in [1.82, 2.24) is 9.78 Å². The van der Waals surface area contributed by atoms with Crippen LogP contribution in [0.1, 0.15) is 5.56 Å². The summed E-state index contributed by atoms with van der Waals surface area (Å²) in [5, 5.41) is 3.97. The lowest BCUT2D eigenvalue weighted by atomic mass is 10.4. The summed E-state index contributed by atoms with van der Waals surface area (Å²) in [4.78, 5) is 0. The van der Waals surface area contributed by atoms with Gasteiger partial charge in [0.15, 0.2) is 0 Å². The molecule has 0 saturated carbocycles. The molecule has 0 aromatic carbocycles. The molecule has 1 aromatic rings. The molecule has 0 spiro atoms. The minimum Gasteiger partial charge on any atom is -0.382 e. The van der Waals surface area contributed by atoms with Crippen molar-refractivity contribution in [3.05, 3.63) is 11.8 Å². The van der Waals surface area contributed by atoms with Gasteiger partial charge in [-0.3, -0.25) is 0 Å². The number of ether oxygens (including phenoxy) is 1. The zero-order chi connectivity index (χ0) is 7.56. The number of nitrogens with two attached hydrogens (primary N) is 1. The van der Waals surface area contributed by atoms with E-state index >= 15 is 0 Å². The van der Waals surface area contributed by atoms with Crippen LogP contribution in [0.5, 0.6) is 0 Å². The van der Waals surface area contributed by atoms with Crippen molar-refractivity contribution in [2.45, 2.75) is 13.7 Å². The Hall–Kier alpha value is -1.03. The summed E-state index contributed by atoms with van der Waals surface area (Å²) < 4.78 is 6.50. The van der Waals surface area contributed by atoms with Gasteiger partial charge in [-0.05, 0) is 6.92 Å². The van der Waals surface area contributed by atoms with Gasteiger partial charge in [0, 0.05) is 18.9 Å².